The van der Waals surface area contributed by atoms with Crippen molar-refractivity contribution in [3.05, 3.63) is 0 Å². The number of nitrogens with zero attached hydrogens (tertiary/aromatic N) is 1. The average Bonchev–Trinajstić information content (AvgIpc) is 2.39. The molecule has 0 aromatic rings. The zero-order chi connectivity index (χ0) is 15.1. The normalized spacial score (nSPS) is 27.8. The van der Waals surface area contributed by atoms with Crippen LogP contribution < -0.4 is 0 Å². The molecule has 0 spiro atoms. The molecule has 2 heteroatoms. The van der Waals surface area contributed by atoms with Gasteiger partial charge in [-0.15, -0.1) is 0 Å². The van der Waals surface area contributed by atoms with Crippen LogP contribution in [0.2, 0.25) is 0 Å². The van der Waals surface area contributed by atoms with E-state index in [-0.39, 0.29) is 6.10 Å². The second-order valence-electron chi connectivity index (χ2n) is 7.44. The highest BCUT2D eigenvalue weighted by Crippen LogP contribution is 2.34. The van der Waals surface area contributed by atoms with Gasteiger partial charge in [-0.1, -0.05) is 33.6 Å². The number of unbranched alkanes of at least 4 members (excludes halogenated alkanes) is 2. The molecule has 0 heterocycles. The van der Waals surface area contributed by atoms with Gasteiger partial charge in [-0.2, -0.15) is 0 Å². The first-order valence-electron chi connectivity index (χ1n) is 8.87. The molecule has 1 aliphatic carbocycles. The molecule has 2 nitrogen and oxygen atoms in total. The number of hydrogen-bond donors (Lipinski definition) is 1. The lowest BCUT2D eigenvalue weighted by atomic mass is 9.74. The van der Waals surface area contributed by atoms with Gasteiger partial charge in [-0.25, -0.2) is 0 Å². The molecule has 20 heavy (non-hydrogen) atoms. The third-order valence-corrected chi connectivity index (χ3v) is 5.17. The maximum absolute atomic E-state index is 10.3. The first-order chi connectivity index (χ1) is 9.45. The van der Waals surface area contributed by atoms with Crippen LogP contribution in [0.1, 0.15) is 73.1 Å². The van der Waals surface area contributed by atoms with Crippen LogP contribution >= 0.6 is 0 Å². The van der Waals surface area contributed by atoms with Crippen molar-refractivity contribution in [2.24, 2.45) is 17.8 Å². The van der Waals surface area contributed by atoms with E-state index in [1.807, 2.05) is 0 Å². The molecule has 1 rings (SSSR count). The summed E-state index contributed by atoms with van der Waals surface area (Å²) in [7, 11) is 0. The molecule has 0 amide bonds. The minimum Gasteiger partial charge on any atom is -0.393 e. The van der Waals surface area contributed by atoms with Gasteiger partial charge in [0.25, 0.3) is 0 Å². The first-order valence-corrected chi connectivity index (χ1v) is 8.87. The molecule has 0 aliphatic heterocycles. The largest absolute Gasteiger partial charge is 0.393 e. The van der Waals surface area contributed by atoms with E-state index in [0.29, 0.717) is 12.0 Å². The maximum atomic E-state index is 10.3. The molecule has 1 N–H and O–H groups in total. The number of aliphatic hydroxyl groups is 1. The highest BCUT2D eigenvalue weighted by atomic mass is 16.3. The summed E-state index contributed by atoms with van der Waals surface area (Å²) < 4.78 is 0. The second kappa shape index (κ2) is 9.04. The van der Waals surface area contributed by atoms with Crippen molar-refractivity contribution in [1.29, 1.82) is 0 Å². The lowest BCUT2D eigenvalue weighted by Crippen LogP contribution is -2.42. The van der Waals surface area contributed by atoms with E-state index in [4.69, 9.17) is 0 Å². The zero-order valence-electron chi connectivity index (χ0n) is 14.4. The van der Waals surface area contributed by atoms with Gasteiger partial charge in [0.05, 0.1) is 6.10 Å². The van der Waals surface area contributed by atoms with Gasteiger partial charge in [-0.3, -0.25) is 0 Å². The summed E-state index contributed by atoms with van der Waals surface area (Å²) in [4.78, 5) is 2.59. The predicted octanol–water partition coefficient (Wildman–Crippen LogP) is 4.32. The number of hydrogen-bond acceptors (Lipinski definition) is 2. The molecule has 1 fully saturated rings. The van der Waals surface area contributed by atoms with E-state index in [1.54, 1.807) is 0 Å². The summed E-state index contributed by atoms with van der Waals surface area (Å²) in [5.41, 5.74) is 0. The molecule has 0 bridgehead atoms. The van der Waals surface area contributed by atoms with Crippen LogP contribution in [0.4, 0.5) is 0 Å². The monoisotopic (exact) mass is 283 g/mol. The number of rotatable bonds is 8. The topological polar surface area (TPSA) is 23.5 Å². The molecule has 3 atom stereocenters. The van der Waals surface area contributed by atoms with E-state index in [9.17, 15) is 5.11 Å². The van der Waals surface area contributed by atoms with E-state index < -0.39 is 0 Å². The van der Waals surface area contributed by atoms with E-state index in [0.717, 1.165) is 24.8 Å². The second-order valence-corrected chi connectivity index (χ2v) is 7.44. The van der Waals surface area contributed by atoms with Crippen molar-refractivity contribution in [1.82, 2.24) is 4.90 Å². The molecule has 0 aromatic heterocycles. The Labute approximate surface area is 126 Å². The van der Waals surface area contributed by atoms with Crippen LogP contribution in [0.5, 0.6) is 0 Å². The SMILES string of the molecule is CCCCCN(CC1CC(C(C)C)CCC1O)C(C)C. The van der Waals surface area contributed by atoms with Crippen LogP contribution in [-0.4, -0.2) is 35.2 Å². The Morgan fingerprint density at radius 3 is 2.35 bits per heavy atom. The Hall–Kier alpha value is -0.0800. The minimum atomic E-state index is -0.0718. The molecule has 3 unspecified atom stereocenters. The third kappa shape index (κ3) is 5.73. The average molecular weight is 284 g/mol. The van der Waals surface area contributed by atoms with Crippen LogP contribution in [0.25, 0.3) is 0 Å². The van der Waals surface area contributed by atoms with Gasteiger partial charge in [0.2, 0.25) is 0 Å². The Morgan fingerprint density at radius 2 is 1.80 bits per heavy atom. The van der Waals surface area contributed by atoms with Crippen molar-refractivity contribution in [3.8, 4) is 0 Å². The van der Waals surface area contributed by atoms with Gasteiger partial charge >= 0.3 is 0 Å². The van der Waals surface area contributed by atoms with Gasteiger partial charge < -0.3 is 10.0 Å². The molecule has 1 aliphatic rings. The highest BCUT2D eigenvalue weighted by molar-refractivity contribution is 4.84. The summed E-state index contributed by atoms with van der Waals surface area (Å²) >= 11 is 0. The van der Waals surface area contributed by atoms with E-state index >= 15 is 0 Å². The van der Waals surface area contributed by atoms with Gasteiger partial charge in [0, 0.05) is 12.6 Å². The zero-order valence-corrected chi connectivity index (χ0v) is 14.4. The molecular formula is C18H37NO. The molecule has 120 valence electrons. The van der Waals surface area contributed by atoms with Crippen molar-refractivity contribution in [2.75, 3.05) is 13.1 Å². The summed E-state index contributed by atoms with van der Waals surface area (Å²) in [5, 5.41) is 10.3. The van der Waals surface area contributed by atoms with Crippen LogP contribution in [0, 0.1) is 17.8 Å². The van der Waals surface area contributed by atoms with Gasteiger partial charge in [0.1, 0.15) is 0 Å². The van der Waals surface area contributed by atoms with Crippen LogP contribution in [0.15, 0.2) is 0 Å². The molecule has 1 saturated carbocycles. The summed E-state index contributed by atoms with van der Waals surface area (Å²) in [6.45, 7) is 13.8. The van der Waals surface area contributed by atoms with Crippen LogP contribution in [0.3, 0.4) is 0 Å². The smallest absolute Gasteiger partial charge is 0.0580 e. The fourth-order valence-corrected chi connectivity index (χ4v) is 3.51. The van der Waals surface area contributed by atoms with Crippen molar-refractivity contribution < 1.29 is 5.11 Å². The van der Waals surface area contributed by atoms with E-state index in [2.05, 4.69) is 39.5 Å². The molecule has 0 saturated heterocycles. The maximum Gasteiger partial charge on any atom is 0.0580 e. The van der Waals surface area contributed by atoms with E-state index in [1.165, 1.54) is 38.6 Å². The summed E-state index contributed by atoms with van der Waals surface area (Å²) in [6, 6.07) is 0.596. The Morgan fingerprint density at radius 1 is 1.10 bits per heavy atom. The van der Waals surface area contributed by atoms with Gasteiger partial charge in [-0.05, 0) is 63.8 Å². The lowest BCUT2D eigenvalue weighted by molar-refractivity contribution is 0.0130. The van der Waals surface area contributed by atoms with Crippen molar-refractivity contribution >= 4 is 0 Å². The Balaban J connectivity index is 2.51. The number of aliphatic hydroxyl groups excluding tert-OH is 1. The fourth-order valence-electron chi connectivity index (χ4n) is 3.51. The molecule has 0 aromatic carbocycles. The van der Waals surface area contributed by atoms with Crippen LogP contribution in [-0.2, 0) is 0 Å². The first kappa shape index (κ1) is 18.0. The van der Waals surface area contributed by atoms with Crippen molar-refractivity contribution in [2.45, 2.75) is 85.3 Å². The van der Waals surface area contributed by atoms with Crippen molar-refractivity contribution in [3.63, 3.8) is 0 Å². The Kier molecular flexibility index (Phi) is 8.13. The lowest BCUT2D eigenvalue weighted by Gasteiger charge is -2.39. The summed E-state index contributed by atoms with van der Waals surface area (Å²) in [5.74, 6) is 2.06. The Bertz CT molecular complexity index is 252. The fraction of sp³-hybridized carbons (Fsp3) is 1.00. The quantitative estimate of drug-likeness (QED) is 0.671. The molecular weight excluding hydrogens is 246 g/mol. The third-order valence-electron chi connectivity index (χ3n) is 5.17. The van der Waals surface area contributed by atoms with Gasteiger partial charge in [0.15, 0.2) is 0 Å². The summed E-state index contributed by atoms with van der Waals surface area (Å²) in [6.07, 6.45) is 7.28. The minimum absolute atomic E-state index is 0.0718. The standard InChI is InChI=1S/C18H37NO/c1-6-7-8-11-19(15(4)5)13-17-12-16(14(2)3)9-10-18(17)20/h14-18,20H,6-13H2,1-5H3. The highest BCUT2D eigenvalue weighted by Gasteiger charge is 2.32. The molecule has 0 radical (unpaired) electrons. The predicted molar refractivity (Wildman–Crippen MR) is 87.9 cm³/mol.